The molecule has 0 radical (unpaired) electrons. The van der Waals surface area contributed by atoms with Gasteiger partial charge in [-0.25, -0.2) is 4.79 Å². The standard InChI is InChI=1S/C24H30ClNO4/c1-3-20-17(2)10-11-21(22(20)25)19-9-6-8-18(15-19)7-4-5-12-24(30,23(28)29)13-14-26-16-27/h6,8-11,15-16,30H,3-5,7,12-14H2,1-2H3,(H,26,27)(H,28,29). The van der Waals surface area contributed by atoms with Gasteiger partial charge in [-0.2, -0.15) is 0 Å². The van der Waals surface area contributed by atoms with Crippen molar-refractivity contribution in [1.29, 1.82) is 0 Å². The van der Waals surface area contributed by atoms with Gasteiger partial charge in [-0.15, -0.1) is 0 Å². The van der Waals surface area contributed by atoms with Crippen LogP contribution in [0.2, 0.25) is 5.02 Å². The maximum absolute atomic E-state index is 11.4. The highest BCUT2D eigenvalue weighted by molar-refractivity contribution is 6.34. The van der Waals surface area contributed by atoms with E-state index in [9.17, 15) is 19.8 Å². The topological polar surface area (TPSA) is 86.6 Å². The smallest absolute Gasteiger partial charge is 0.335 e. The van der Waals surface area contributed by atoms with Crippen LogP contribution in [0.4, 0.5) is 0 Å². The molecule has 162 valence electrons. The normalized spacial score (nSPS) is 12.9. The summed E-state index contributed by atoms with van der Waals surface area (Å²) >= 11 is 6.65. The molecule has 0 saturated carbocycles. The van der Waals surface area contributed by atoms with Crippen LogP contribution in [-0.2, 0) is 22.4 Å². The minimum absolute atomic E-state index is 0.0117. The Kier molecular flexibility index (Phi) is 8.88. The average Bonchev–Trinajstić information content (AvgIpc) is 2.72. The summed E-state index contributed by atoms with van der Waals surface area (Å²) in [5.41, 5.74) is 3.76. The van der Waals surface area contributed by atoms with E-state index in [-0.39, 0.29) is 19.4 Å². The zero-order valence-electron chi connectivity index (χ0n) is 17.6. The summed E-state index contributed by atoms with van der Waals surface area (Å²) in [5.74, 6) is -1.25. The van der Waals surface area contributed by atoms with Crippen LogP contribution in [0.25, 0.3) is 11.1 Å². The third-order valence-electron chi connectivity index (χ3n) is 5.54. The summed E-state index contributed by atoms with van der Waals surface area (Å²) in [5, 5.41) is 22.9. The van der Waals surface area contributed by atoms with Crippen LogP contribution >= 0.6 is 11.6 Å². The summed E-state index contributed by atoms with van der Waals surface area (Å²) in [4.78, 5) is 21.7. The van der Waals surface area contributed by atoms with Gasteiger partial charge in [0.15, 0.2) is 5.60 Å². The van der Waals surface area contributed by atoms with Crippen molar-refractivity contribution in [2.45, 2.75) is 58.0 Å². The van der Waals surface area contributed by atoms with Crippen LogP contribution in [0, 0.1) is 6.92 Å². The maximum atomic E-state index is 11.4. The Balaban J connectivity index is 2.01. The molecular weight excluding hydrogens is 402 g/mol. The fourth-order valence-corrected chi connectivity index (χ4v) is 4.15. The van der Waals surface area contributed by atoms with E-state index in [4.69, 9.17) is 11.6 Å². The minimum atomic E-state index is -1.82. The Bertz CT molecular complexity index is 884. The molecule has 0 saturated heterocycles. The van der Waals surface area contributed by atoms with E-state index in [1.807, 2.05) is 18.2 Å². The van der Waals surface area contributed by atoms with Gasteiger partial charge in [0.25, 0.3) is 0 Å². The average molecular weight is 432 g/mol. The number of unbranched alkanes of at least 4 members (excludes halogenated alkanes) is 1. The van der Waals surface area contributed by atoms with Gasteiger partial charge in [0.1, 0.15) is 0 Å². The van der Waals surface area contributed by atoms with E-state index < -0.39 is 11.6 Å². The molecule has 1 unspecified atom stereocenters. The summed E-state index contributed by atoms with van der Waals surface area (Å²) in [6, 6.07) is 12.4. The number of hydrogen-bond acceptors (Lipinski definition) is 3. The van der Waals surface area contributed by atoms with Gasteiger partial charge in [-0.3, -0.25) is 4.79 Å². The van der Waals surface area contributed by atoms with Crippen LogP contribution in [0.3, 0.4) is 0 Å². The number of carboxylic acid groups (broad SMARTS) is 1. The first-order valence-corrected chi connectivity index (χ1v) is 10.7. The molecule has 0 aromatic heterocycles. The van der Waals surface area contributed by atoms with Gasteiger partial charge < -0.3 is 15.5 Å². The molecule has 30 heavy (non-hydrogen) atoms. The Morgan fingerprint density at radius 3 is 2.63 bits per heavy atom. The second-order valence-electron chi connectivity index (χ2n) is 7.64. The van der Waals surface area contributed by atoms with Crippen molar-refractivity contribution in [3.8, 4) is 11.1 Å². The molecular formula is C24H30ClNO4. The number of rotatable bonds is 12. The van der Waals surface area contributed by atoms with Crippen LogP contribution < -0.4 is 5.32 Å². The highest BCUT2D eigenvalue weighted by Crippen LogP contribution is 2.33. The van der Waals surface area contributed by atoms with Crippen molar-refractivity contribution in [1.82, 2.24) is 5.32 Å². The van der Waals surface area contributed by atoms with E-state index in [1.165, 1.54) is 5.56 Å². The monoisotopic (exact) mass is 431 g/mol. The molecule has 0 aliphatic carbocycles. The second-order valence-corrected chi connectivity index (χ2v) is 8.02. The number of carboxylic acids is 1. The van der Waals surface area contributed by atoms with Gasteiger partial charge in [-0.1, -0.05) is 54.9 Å². The molecule has 0 heterocycles. The first kappa shape index (κ1) is 23.9. The fraction of sp³-hybridized carbons (Fsp3) is 0.417. The van der Waals surface area contributed by atoms with Gasteiger partial charge in [0.05, 0.1) is 5.02 Å². The molecule has 6 heteroatoms. The lowest BCUT2D eigenvalue weighted by molar-refractivity contribution is -0.160. The van der Waals surface area contributed by atoms with Crippen molar-refractivity contribution in [3.63, 3.8) is 0 Å². The van der Waals surface area contributed by atoms with Gasteiger partial charge in [-0.05, 0) is 61.3 Å². The molecule has 2 rings (SSSR count). The number of hydrogen-bond donors (Lipinski definition) is 3. The Morgan fingerprint density at radius 2 is 1.97 bits per heavy atom. The van der Waals surface area contributed by atoms with E-state index in [0.717, 1.165) is 46.5 Å². The third kappa shape index (κ3) is 6.07. The lowest BCUT2D eigenvalue weighted by atomic mass is 9.91. The quantitative estimate of drug-likeness (QED) is 0.340. The second kappa shape index (κ2) is 11.1. The van der Waals surface area contributed by atoms with Crippen LogP contribution in [0.15, 0.2) is 36.4 Å². The number of amides is 1. The highest BCUT2D eigenvalue weighted by atomic mass is 35.5. The predicted molar refractivity (Wildman–Crippen MR) is 120 cm³/mol. The van der Waals surface area contributed by atoms with Crippen molar-refractivity contribution in [3.05, 3.63) is 58.1 Å². The lowest BCUT2D eigenvalue weighted by Gasteiger charge is -2.23. The lowest BCUT2D eigenvalue weighted by Crippen LogP contribution is -2.41. The first-order chi connectivity index (χ1) is 14.3. The van der Waals surface area contributed by atoms with E-state index >= 15 is 0 Å². The Morgan fingerprint density at radius 1 is 1.20 bits per heavy atom. The largest absolute Gasteiger partial charge is 0.479 e. The van der Waals surface area contributed by atoms with Gasteiger partial charge in [0, 0.05) is 18.5 Å². The number of aliphatic carboxylic acids is 1. The molecule has 0 bridgehead atoms. The molecule has 2 aromatic rings. The Hall–Kier alpha value is -2.37. The summed E-state index contributed by atoms with van der Waals surface area (Å²) in [6.45, 7) is 4.30. The number of carbonyl (C=O) groups excluding carboxylic acids is 1. The minimum Gasteiger partial charge on any atom is -0.479 e. The van der Waals surface area contributed by atoms with Crippen molar-refractivity contribution in [2.75, 3.05) is 6.54 Å². The zero-order chi connectivity index (χ0) is 22.1. The molecule has 0 fully saturated rings. The number of halogens is 1. The summed E-state index contributed by atoms with van der Waals surface area (Å²) in [6.07, 6.45) is 3.61. The molecule has 2 aromatic carbocycles. The van der Waals surface area contributed by atoms with Crippen LogP contribution in [0.5, 0.6) is 0 Å². The SMILES string of the molecule is CCc1c(C)ccc(-c2cccc(CCCCC(O)(CCNC=O)C(=O)O)c2)c1Cl. The fourth-order valence-electron chi connectivity index (χ4n) is 3.69. The number of carbonyl (C=O) groups is 2. The van der Waals surface area contributed by atoms with Crippen LogP contribution in [-0.4, -0.2) is 34.7 Å². The van der Waals surface area contributed by atoms with E-state index in [2.05, 4.69) is 37.4 Å². The molecule has 3 N–H and O–H groups in total. The van der Waals surface area contributed by atoms with Crippen LogP contribution in [0.1, 0.15) is 49.3 Å². The van der Waals surface area contributed by atoms with Crippen molar-refractivity contribution in [2.24, 2.45) is 0 Å². The molecule has 0 aliphatic rings. The molecule has 1 amide bonds. The summed E-state index contributed by atoms with van der Waals surface area (Å²) in [7, 11) is 0. The number of aryl methyl sites for hydroxylation is 2. The van der Waals surface area contributed by atoms with Crippen molar-refractivity contribution < 1.29 is 19.8 Å². The molecule has 5 nitrogen and oxygen atoms in total. The predicted octanol–water partition coefficient (Wildman–Crippen LogP) is 4.54. The first-order valence-electron chi connectivity index (χ1n) is 10.3. The van der Waals surface area contributed by atoms with Gasteiger partial charge in [0.2, 0.25) is 6.41 Å². The third-order valence-corrected chi connectivity index (χ3v) is 5.97. The summed E-state index contributed by atoms with van der Waals surface area (Å²) < 4.78 is 0. The Labute approximate surface area is 183 Å². The van der Waals surface area contributed by atoms with Gasteiger partial charge >= 0.3 is 5.97 Å². The van der Waals surface area contributed by atoms with E-state index in [0.29, 0.717) is 12.8 Å². The highest BCUT2D eigenvalue weighted by Gasteiger charge is 2.34. The van der Waals surface area contributed by atoms with E-state index in [1.54, 1.807) is 0 Å². The zero-order valence-corrected chi connectivity index (χ0v) is 18.3. The molecule has 0 aliphatic heterocycles. The number of benzene rings is 2. The molecule has 0 spiro atoms. The number of nitrogens with one attached hydrogen (secondary N) is 1. The van der Waals surface area contributed by atoms with Crippen molar-refractivity contribution >= 4 is 24.0 Å². The molecule has 1 atom stereocenters. The number of aliphatic hydroxyl groups is 1. The maximum Gasteiger partial charge on any atom is 0.335 e.